The number of nitrogens with one attached hydrogen (secondary N) is 1. The average Bonchev–Trinajstić information content (AvgIpc) is 2.78. The molecule has 0 atom stereocenters. The monoisotopic (exact) mass is 472 g/mol. The number of nitrogens with zero attached hydrogens (tertiary/aromatic N) is 1. The number of ether oxygens (including phenoxy) is 1. The first-order valence-corrected chi connectivity index (χ1v) is 11.3. The van der Waals surface area contributed by atoms with Gasteiger partial charge < -0.3 is 10.1 Å². The lowest BCUT2D eigenvalue weighted by Crippen LogP contribution is -2.23. The third kappa shape index (κ3) is 5.53. The smallest absolute Gasteiger partial charge is 0.338 e. The van der Waals surface area contributed by atoms with Crippen LogP contribution in [0.2, 0.25) is 5.02 Å². The van der Waals surface area contributed by atoms with Crippen LogP contribution in [0.25, 0.3) is 0 Å². The number of halogens is 1. The van der Waals surface area contributed by atoms with Gasteiger partial charge in [0.2, 0.25) is 10.0 Å². The first kappa shape index (κ1) is 23.5. The van der Waals surface area contributed by atoms with Gasteiger partial charge in [0.1, 0.15) is 11.5 Å². The molecule has 3 aromatic carbocycles. The van der Waals surface area contributed by atoms with Gasteiger partial charge in [-0.2, -0.15) is 0 Å². The van der Waals surface area contributed by atoms with Gasteiger partial charge in [0.15, 0.2) is 0 Å². The maximum absolute atomic E-state index is 12.4. The summed E-state index contributed by atoms with van der Waals surface area (Å²) >= 11 is 6.00. The molecule has 1 N–H and O–H groups in total. The molecule has 3 rings (SSSR count). The Morgan fingerprint density at radius 2 is 1.56 bits per heavy atom. The molecular weight excluding hydrogens is 452 g/mol. The van der Waals surface area contributed by atoms with E-state index < -0.39 is 16.0 Å². The number of benzene rings is 3. The Morgan fingerprint density at radius 1 is 0.938 bits per heavy atom. The Morgan fingerprint density at radius 3 is 2.19 bits per heavy atom. The molecule has 9 heteroatoms. The number of carbonyl (C=O) groups excluding carboxylic acids is 2. The van der Waals surface area contributed by atoms with Crippen molar-refractivity contribution < 1.29 is 22.7 Å². The summed E-state index contributed by atoms with van der Waals surface area (Å²) in [4.78, 5) is 24.6. The van der Waals surface area contributed by atoms with Crippen LogP contribution in [0, 0.1) is 0 Å². The number of hydrogen-bond donors (Lipinski definition) is 1. The number of para-hydroxylation sites is 1. The highest BCUT2D eigenvalue weighted by atomic mass is 35.5. The molecule has 0 heterocycles. The maximum Gasteiger partial charge on any atom is 0.338 e. The van der Waals surface area contributed by atoms with Crippen LogP contribution >= 0.6 is 11.6 Å². The number of carbonyl (C=O) groups is 2. The summed E-state index contributed by atoms with van der Waals surface area (Å²) in [5.41, 5.74) is 1.88. The fraction of sp³-hybridized carbons (Fsp3) is 0.130. The van der Waals surface area contributed by atoms with Crippen molar-refractivity contribution in [2.75, 3.05) is 19.4 Å². The van der Waals surface area contributed by atoms with Crippen molar-refractivity contribution in [2.24, 2.45) is 0 Å². The predicted octanol–water partition coefficient (Wildman–Crippen LogP) is 4.20. The van der Waals surface area contributed by atoms with Crippen LogP contribution < -0.4 is 5.32 Å². The van der Waals surface area contributed by atoms with Crippen molar-refractivity contribution in [3.8, 4) is 0 Å². The lowest BCUT2D eigenvalue weighted by atomic mass is 10.1. The van der Waals surface area contributed by atoms with Crippen molar-refractivity contribution >= 4 is 39.2 Å². The second-order valence-electron chi connectivity index (χ2n) is 7.03. The summed E-state index contributed by atoms with van der Waals surface area (Å²) in [5, 5.41) is 2.81. The van der Waals surface area contributed by atoms with Gasteiger partial charge in [-0.25, -0.2) is 17.5 Å². The molecule has 7 nitrogen and oxygen atoms in total. The van der Waals surface area contributed by atoms with Crippen LogP contribution in [-0.4, -0.2) is 38.7 Å². The zero-order valence-corrected chi connectivity index (χ0v) is 19.0. The molecule has 0 aliphatic carbocycles. The SMILES string of the molecule is CN(C)S(=O)(=O)c1cc(C(=O)OCc2ccc(C(=O)Nc3ccccc3)cc2)ccc1Cl. The maximum atomic E-state index is 12.4. The third-order valence-electron chi connectivity index (χ3n) is 4.54. The normalized spacial score (nSPS) is 11.2. The Bertz CT molecular complexity index is 1230. The minimum atomic E-state index is -3.81. The summed E-state index contributed by atoms with van der Waals surface area (Å²) in [6.45, 7) is -0.0438. The van der Waals surface area contributed by atoms with E-state index in [0.717, 1.165) is 4.31 Å². The Balaban J connectivity index is 1.65. The van der Waals surface area contributed by atoms with Gasteiger partial charge in [0, 0.05) is 25.3 Å². The van der Waals surface area contributed by atoms with E-state index in [0.29, 0.717) is 16.8 Å². The van der Waals surface area contributed by atoms with Gasteiger partial charge in [-0.05, 0) is 48.0 Å². The quantitative estimate of drug-likeness (QED) is 0.520. The number of esters is 1. The lowest BCUT2D eigenvalue weighted by Gasteiger charge is -2.13. The van der Waals surface area contributed by atoms with E-state index in [2.05, 4.69) is 5.32 Å². The molecule has 0 spiro atoms. The lowest BCUT2D eigenvalue weighted by molar-refractivity contribution is 0.0472. The topological polar surface area (TPSA) is 92.8 Å². The van der Waals surface area contributed by atoms with E-state index in [1.807, 2.05) is 18.2 Å². The number of hydrogen-bond acceptors (Lipinski definition) is 5. The van der Waals surface area contributed by atoms with Crippen LogP contribution in [0.5, 0.6) is 0 Å². The highest BCUT2D eigenvalue weighted by molar-refractivity contribution is 7.89. The minimum absolute atomic E-state index is 0.0135. The summed E-state index contributed by atoms with van der Waals surface area (Å²) in [6, 6.07) is 19.6. The second-order valence-corrected chi connectivity index (χ2v) is 9.55. The van der Waals surface area contributed by atoms with Crippen molar-refractivity contribution in [3.05, 3.63) is 94.5 Å². The molecule has 166 valence electrons. The first-order chi connectivity index (χ1) is 15.2. The second kappa shape index (κ2) is 9.95. The molecule has 0 bridgehead atoms. The summed E-state index contributed by atoms with van der Waals surface area (Å²) in [6.07, 6.45) is 0. The van der Waals surface area contributed by atoms with Gasteiger partial charge in [-0.3, -0.25) is 4.79 Å². The average molecular weight is 473 g/mol. The van der Waals surface area contributed by atoms with Gasteiger partial charge in [0.05, 0.1) is 10.6 Å². The van der Waals surface area contributed by atoms with E-state index >= 15 is 0 Å². The fourth-order valence-electron chi connectivity index (χ4n) is 2.73. The number of sulfonamides is 1. The molecule has 32 heavy (non-hydrogen) atoms. The van der Waals surface area contributed by atoms with Crippen LogP contribution in [0.15, 0.2) is 77.7 Å². The first-order valence-electron chi connectivity index (χ1n) is 9.53. The van der Waals surface area contributed by atoms with Crippen molar-refractivity contribution in [3.63, 3.8) is 0 Å². The van der Waals surface area contributed by atoms with E-state index in [-0.39, 0.29) is 28.0 Å². The van der Waals surface area contributed by atoms with Crippen LogP contribution in [-0.2, 0) is 21.4 Å². The molecule has 0 fully saturated rings. The molecule has 0 aromatic heterocycles. The molecule has 0 unspecified atom stereocenters. The number of rotatable bonds is 7. The van der Waals surface area contributed by atoms with E-state index in [9.17, 15) is 18.0 Å². The summed E-state index contributed by atoms with van der Waals surface area (Å²) < 4.78 is 31.0. The van der Waals surface area contributed by atoms with Gasteiger partial charge in [0.25, 0.3) is 5.91 Å². The van der Waals surface area contributed by atoms with Crippen molar-refractivity contribution in [1.82, 2.24) is 4.31 Å². The van der Waals surface area contributed by atoms with Gasteiger partial charge in [-0.1, -0.05) is 41.9 Å². The third-order valence-corrected chi connectivity index (χ3v) is 6.84. The fourth-order valence-corrected chi connectivity index (χ4v) is 4.13. The zero-order valence-electron chi connectivity index (χ0n) is 17.4. The van der Waals surface area contributed by atoms with Crippen LogP contribution in [0.1, 0.15) is 26.3 Å². The molecule has 0 aliphatic rings. The van der Waals surface area contributed by atoms with Gasteiger partial charge in [-0.15, -0.1) is 0 Å². The van der Waals surface area contributed by atoms with Crippen LogP contribution in [0.3, 0.4) is 0 Å². The summed E-state index contributed by atoms with van der Waals surface area (Å²) in [5.74, 6) is -0.946. The molecule has 0 aliphatic heterocycles. The molecule has 1 amide bonds. The highest BCUT2D eigenvalue weighted by Gasteiger charge is 2.23. The van der Waals surface area contributed by atoms with Crippen molar-refractivity contribution in [1.29, 1.82) is 0 Å². The molecule has 0 saturated heterocycles. The van der Waals surface area contributed by atoms with E-state index in [1.54, 1.807) is 36.4 Å². The highest BCUT2D eigenvalue weighted by Crippen LogP contribution is 2.25. The molecule has 0 saturated carbocycles. The predicted molar refractivity (Wildman–Crippen MR) is 122 cm³/mol. The largest absolute Gasteiger partial charge is 0.457 e. The Kier molecular flexibility index (Phi) is 7.29. The van der Waals surface area contributed by atoms with Gasteiger partial charge >= 0.3 is 5.97 Å². The van der Waals surface area contributed by atoms with Crippen molar-refractivity contribution in [2.45, 2.75) is 11.5 Å². The minimum Gasteiger partial charge on any atom is -0.457 e. The number of amides is 1. The Hall–Kier alpha value is -3.20. The standard InChI is InChI=1S/C23H21ClN2O5S/c1-26(2)32(29,30)21-14-18(12-13-20(21)24)23(28)31-15-16-8-10-17(11-9-16)22(27)25-19-6-4-3-5-7-19/h3-14H,15H2,1-2H3,(H,25,27). The zero-order chi connectivity index (χ0) is 23.3. The number of anilines is 1. The van der Waals surface area contributed by atoms with Crippen LogP contribution in [0.4, 0.5) is 5.69 Å². The molecule has 3 aromatic rings. The summed E-state index contributed by atoms with van der Waals surface area (Å²) in [7, 11) is -1.06. The Labute approximate surface area is 191 Å². The molecule has 0 radical (unpaired) electrons. The molecular formula is C23H21ClN2O5S. The van der Waals surface area contributed by atoms with E-state index in [1.165, 1.54) is 32.3 Å². The van der Waals surface area contributed by atoms with E-state index in [4.69, 9.17) is 16.3 Å².